The Kier molecular flexibility index (Phi) is 9.36. The van der Waals surface area contributed by atoms with Crippen molar-refractivity contribution in [3.8, 4) is 0 Å². The Morgan fingerprint density at radius 2 is 1.90 bits per heavy atom. The van der Waals surface area contributed by atoms with Gasteiger partial charge in [0.2, 0.25) is 5.91 Å². The molecule has 0 heterocycles. The van der Waals surface area contributed by atoms with Gasteiger partial charge in [-0.25, -0.2) is 4.79 Å². The largest absolute Gasteiger partial charge is 0.481 e. The average molecular weight is 288 g/mol. The van der Waals surface area contributed by atoms with Gasteiger partial charge in [0.25, 0.3) is 0 Å². The summed E-state index contributed by atoms with van der Waals surface area (Å²) in [6.07, 6.45) is 1.54. The Labute approximate surface area is 119 Å². The van der Waals surface area contributed by atoms with E-state index in [9.17, 15) is 14.4 Å². The predicted octanol–water partition coefficient (Wildman–Crippen LogP) is 1.13. The van der Waals surface area contributed by atoms with Gasteiger partial charge in [0.1, 0.15) is 0 Å². The molecule has 20 heavy (non-hydrogen) atoms. The summed E-state index contributed by atoms with van der Waals surface area (Å²) in [4.78, 5) is 33.6. The normalized spacial score (nSPS) is 13.3. The SMILES string of the molecule is CCCC(COC)NC(=O)NC(=O)CC(C)CC(=O)O. The Bertz CT molecular complexity index is 327. The number of amides is 3. The first-order chi connectivity index (χ1) is 9.38. The maximum absolute atomic E-state index is 11.6. The predicted molar refractivity (Wildman–Crippen MR) is 73.3 cm³/mol. The molecule has 0 aliphatic carbocycles. The first-order valence-electron chi connectivity index (χ1n) is 6.70. The molecule has 2 atom stereocenters. The molecule has 2 unspecified atom stereocenters. The van der Waals surface area contributed by atoms with E-state index < -0.39 is 17.9 Å². The van der Waals surface area contributed by atoms with E-state index in [1.165, 1.54) is 0 Å². The van der Waals surface area contributed by atoms with Crippen molar-refractivity contribution < 1.29 is 24.2 Å². The van der Waals surface area contributed by atoms with Crippen LogP contribution in [0.2, 0.25) is 0 Å². The number of nitrogens with one attached hydrogen (secondary N) is 2. The van der Waals surface area contributed by atoms with Gasteiger partial charge < -0.3 is 15.2 Å². The Balaban J connectivity index is 4.11. The molecule has 0 rings (SSSR count). The van der Waals surface area contributed by atoms with Gasteiger partial charge in [-0.2, -0.15) is 0 Å². The highest BCUT2D eigenvalue weighted by Crippen LogP contribution is 2.06. The number of rotatable bonds is 9. The number of carbonyl (C=O) groups is 3. The second-order valence-electron chi connectivity index (χ2n) is 4.87. The molecule has 0 saturated heterocycles. The lowest BCUT2D eigenvalue weighted by Crippen LogP contribution is -2.46. The molecule has 3 N–H and O–H groups in total. The van der Waals surface area contributed by atoms with Gasteiger partial charge in [0, 0.05) is 20.0 Å². The number of hydrogen-bond acceptors (Lipinski definition) is 4. The van der Waals surface area contributed by atoms with Gasteiger partial charge in [0.15, 0.2) is 0 Å². The lowest BCUT2D eigenvalue weighted by molar-refractivity contribution is -0.138. The van der Waals surface area contributed by atoms with E-state index in [2.05, 4.69) is 10.6 Å². The molecule has 0 fully saturated rings. The first kappa shape index (κ1) is 18.4. The maximum atomic E-state index is 11.6. The zero-order chi connectivity index (χ0) is 15.5. The highest BCUT2D eigenvalue weighted by atomic mass is 16.5. The van der Waals surface area contributed by atoms with Crippen LogP contribution in [-0.4, -0.2) is 42.8 Å². The fourth-order valence-electron chi connectivity index (χ4n) is 1.83. The summed E-state index contributed by atoms with van der Waals surface area (Å²) in [6, 6.07) is -0.720. The van der Waals surface area contributed by atoms with Crippen LogP contribution in [0.3, 0.4) is 0 Å². The molecular formula is C13H24N2O5. The topological polar surface area (TPSA) is 105 Å². The van der Waals surface area contributed by atoms with Crippen molar-refractivity contribution in [1.82, 2.24) is 10.6 Å². The van der Waals surface area contributed by atoms with Gasteiger partial charge in [-0.15, -0.1) is 0 Å². The number of hydrogen-bond donors (Lipinski definition) is 3. The molecule has 0 aromatic rings. The zero-order valence-corrected chi connectivity index (χ0v) is 12.3. The monoisotopic (exact) mass is 288 g/mol. The van der Waals surface area contributed by atoms with E-state index in [-0.39, 0.29) is 24.8 Å². The Morgan fingerprint density at radius 1 is 1.25 bits per heavy atom. The van der Waals surface area contributed by atoms with Gasteiger partial charge >= 0.3 is 12.0 Å². The van der Waals surface area contributed by atoms with E-state index in [0.29, 0.717) is 6.61 Å². The van der Waals surface area contributed by atoms with E-state index in [1.807, 2.05) is 6.92 Å². The molecule has 0 aliphatic rings. The molecular weight excluding hydrogens is 264 g/mol. The van der Waals surface area contributed by atoms with Crippen LogP contribution in [0.4, 0.5) is 4.79 Å². The maximum Gasteiger partial charge on any atom is 0.321 e. The highest BCUT2D eigenvalue weighted by molar-refractivity contribution is 5.94. The van der Waals surface area contributed by atoms with Crippen molar-refractivity contribution in [3.63, 3.8) is 0 Å². The molecule has 0 spiro atoms. The molecule has 7 heteroatoms. The third-order valence-electron chi connectivity index (χ3n) is 2.65. The number of urea groups is 1. The lowest BCUT2D eigenvalue weighted by Gasteiger charge is -2.17. The standard InChI is InChI=1S/C13H24N2O5/c1-4-5-10(8-20-3)14-13(19)15-11(16)6-9(2)7-12(17)18/h9-10H,4-8H2,1-3H3,(H,17,18)(H2,14,15,16,19). The number of carboxylic acid groups (broad SMARTS) is 1. The third-order valence-corrected chi connectivity index (χ3v) is 2.65. The van der Waals surface area contributed by atoms with Crippen molar-refractivity contribution in [2.45, 2.75) is 45.6 Å². The molecule has 0 radical (unpaired) electrons. The van der Waals surface area contributed by atoms with Crippen molar-refractivity contribution in [2.24, 2.45) is 5.92 Å². The van der Waals surface area contributed by atoms with Gasteiger partial charge in [0.05, 0.1) is 12.6 Å². The number of ether oxygens (including phenoxy) is 1. The molecule has 7 nitrogen and oxygen atoms in total. The second-order valence-corrected chi connectivity index (χ2v) is 4.87. The molecule has 0 aliphatic heterocycles. The van der Waals surface area contributed by atoms with Crippen molar-refractivity contribution in [3.05, 3.63) is 0 Å². The number of methoxy groups -OCH3 is 1. The molecule has 0 aromatic heterocycles. The first-order valence-corrected chi connectivity index (χ1v) is 6.70. The zero-order valence-electron chi connectivity index (χ0n) is 12.3. The van der Waals surface area contributed by atoms with Crippen molar-refractivity contribution >= 4 is 17.9 Å². The fourth-order valence-corrected chi connectivity index (χ4v) is 1.83. The van der Waals surface area contributed by atoms with Crippen LogP contribution in [0.25, 0.3) is 0 Å². The van der Waals surface area contributed by atoms with E-state index in [4.69, 9.17) is 9.84 Å². The Morgan fingerprint density at radius 3 is 2.40 bits per heavy atom. The van der Waals surface area contributed by atoms with E-state index in [0.717, 1.165) is 12.8 Å². The minimum atomic E-state index is -0.960. The Hall–Kier alpha value is -1.63. The summed E-state index contributed by atoms with van der Waals surface area (Å²) in [5.41, 5.74) is 0. The summed E-state index contributed by atoms with van der Waals surface area (Å²) >= 11 is 0. The average Bonchev–Trinajstić information content (AvgIpc) is 2.27. The van der Waals surface area contributed by atoms with Crippen LogP contribution < -0.4 is 10.6 Å². The summed E-state index contributed by atoms with van der Waals surface area (Å²) in [5.74, 6) is -1.76. The van der Waals surface area contributed by atoms with Gasteiger partial charge in [-0.05, 0) is 12.3 Å². The van der Waals surface area contributed by atoms with Gasteiger partial charge in [-0.1, -0.05) is 20.3 Å². The molecule has 3 amide bonds. The number of carbonyl (C=O) groups excluding carboxylic acids is 2. The minimum absolute atomic E-state index is 0.00242. The third kappa shape index (κ3) is 9.32. The fraction of sp³-hybridized carbons (Fsp3) is 0.769. The highest BCUT2D eigenvalue weighted by Gasteiger charge is 2.16. The number of aliphatic carboxylic acids is 1. The van der Waals surface area contributed by atoms with Crippen LogP contribution in [-0.2, 0) is 14.3 Å². The summed E-state index contributed by atoms with van der Waals surface area (Å²) in [5, 5.41) is 13.4. The number of imide groups is 1. The van der Waals surface area contributed by atoms with Gasteiger partial charge in [-0.3, -0.25) is 14.9 Å². The minimum Gasteiger partial charge on any atom is -0.481 e. The van der Waals surface area contributed by atoms with E-state index in [1.54, 1.807) is 14.0 Å². The smallest absolute Gasteiger partial charge is 0.321 e. The quantitative estimate of drug-likeness (QED) is 0.590. The molecule has 0 bridgehead atoms. The van der Waals surface area contributed by atoms with Crippen LogP contribution in [0.5, 0.6) is 0 Å². The summed E-state index contributed by atoms with van der Waals surface area (Å²) in [7, 11) is 1.54. The number of carboxylic acids is 1. The molecule has 0 saturated carbocycles. The van der Waals surface area contributed by atoms with Crippen LogP contribution >= 0.6 is 0 Å². The van der Waals surface area contributed by atoms with E-state index >= 15 is 0 Å². The second kappa shape index (κ2) is 10.2. The molecule has 116 valence electrons. The summed E-state index contributed by atoms with van der Waals surface area (Å²) in [6.45, 7) is 4.02. The lowest BCUT2D eigenvalue weighted by atomic mass is 10.0. The van der Waals surface area contributed by atoms with Crippen LogP contribution in [0.1, 0.15) is 39.5 Å². The van der Waals surface area contributed by atoms with Crippen molar-refractivity contribution in [2.75, 3.05) is 13.7 Å². The van der Waals surface area contributed by atoms with Crippen molar-refractivity contribution in [1.29, 1.82) is 0 Å². The van der Waals surface area contributed by atoms with Crippen LogP contribution in [0.15, 0.2) is 0 Å². The summed E-state index contributed by atoms with van der Waals surface area (Å²) < 4.78 is 4.98. The molecule has 0 aromatic carbocycles. The van der Waals surface area contributed by atoms with Crippen LogP contribution in [0, 0.1) is 5.92 Å².